The average Bonchev–Trinajstić information content (AvgIpc) is 2.68. The van der Waals surface area contributed by atoms with E-state index in [-0.39, 0.29) is 18.2 Å². The monoisotopic (exact) mass is 386 g/mol. The van der Waals surface area contributed by atoms with Gasteiger partial charge in [-0.05, 0) is 29.8 Å². The second kappa shape index (κ2) is 8.35. The normalized spacial score (nSPS) is 15.5. The van der Waals surface area contributed by atoms with E-state index in [1.807, 2.05) is 42.5 Å². The lowest BCUT2D eigenvalue weighted by molar-refractivity contribution is -0.131. The third-order valence-electron chi connectivity index (χ3n) is 4.36. The van der Waals surface area contributed by atoms with Gasteiger partial charge in [-0.2, -0.15) is 0 Å². The van der Waals surface area contributed by atoms with Gasteiger partial charge in [-0.25, -0.2) is 0 Å². The second-order valence-electron chi connectivity index (χ2n) is 6.24. The Morgan fingerprint density at radius 3 is 2.63 bits per heavy atom. The van der Waals surface area contributed by atoms with Crippen molar-refractivity contribution in [2.75, 3.05) is 26.6 Å². The molecule has 1 heterocycles. The van der Waals surface area contributed by atoms with E-state index in [0.717, 1.165) is 16.1 Å². The highest BCUT2D eigenvalue weighted by molar-refractivity contribution is 8.01. The van der Waals surface area contributed by atoms with E-state index < -0.39 is 5.25 Å². The largest absolute Gasteiger partial charge is 0.493 e. The first kappa shape index (κ1) is 19.1. The zero-order valence-electron chi connectivity index (χ0n) is 15.5. The van der Waals surface area contributed by atoms with Crippen LogP contribution in [0.4, 0.5) is 5.69 Å². The number of carbonyl (C=O) groups excluding carboxylic acids is 2. The highest BCUT2D eigenvalue weighted by Gasteiger charge is 2.29. The van der Waals surface area contributed by atoms with Gasteiger partial charge in [0, 0.05) is 24.9 Å². The van der Waals surface area contributed by atoms with E-state index in [1.54, 1.807) is 26.2 Å². The number of anilines is 1. The minimum Gasteiger partial charge on any atom is -0.493 e. The number of nitrogens with zero attached hydrogens (tertiary/aromatic N) is 1. The Labute approximate surface area is 162 Å². The van der Waals surface area contributed by atoms with Crippen molar-refractivity contribution in [1.82, 2.24) is 4.90 Å². The lowest BCUT2D eigenvalue weighted by atomic mass is 10.1. The molecule has 6 nitrogen and oxygen atoms in total. The predicted octanol–water partition coefficient (Wildman–Crippen LogP) is 3.17. The van der Waals surface area contributed by atoms with Gasteiger partial charge < -0.3 is 19.7 Å². The second-order valence-corrected chi connectivity index (χ2v) is 7.48. The maximum Gasteiger partial charge on any atom is 0.238 e. The number of ether oxygens (including phenoxy) is 2. The molecule has 2 aromatic carbocycles. The summed E-state index contributed by atoms with van der Waals surface area (Å²) in [5.41, 5.74) is 1.73. The molecule has 1 aliphatic heterocycles. The highest BCUT2D eigenvalue weighted by Crippen LogP contribution is 2.36. The van der Waals surface area contributed by atoms with Crippen LogP contribution in [-0.4, -0.2) is 43.2 Å². The maximum absolute atomic E-state index is 12.6. The summed E-state index contributed by atoms with van der Waals surface area (Å²) in [6.07, 6.45) is 0.147. The number of fused-ring (bicyclic) bond motifs is 1. The van der Waals surface area contributed by atoms with Crippen LogP contribution in [0.3, 0.4) is 0 Å². The van der Waals surface area contributed by atoms with Gasteiger partial charge in [-0.3, -0.25) is 9.59 Å². The molecular formula is C20H22N2O4S. The molecule has 142 valence electrons. The number of amides is 2. The van der Waals surface area contributed by atoms with Gasteiger partial charge in [0.2, 0.25) is 11.8 Å². The van der Waals surface area contributed by atoms with Crippen LogP contribution in [0, 0.1) is 0 Å². The molecule has 0 saturated heterocycles. The molecule has 1 atom stereocenters. The summed E-state index contributed by atoms with van der Waals surface area (Å²) in [7, 11) is 4.89. The molecule has 27 heavy (non-hydrogen) atoms. The first-order valence-electron chi connectivity index (χ1n) is 8.53. The maximum atomic E-state index is 12.6. The summed E-state index contributed by atoms with van der Waals surface area (Å²) in [6.45, 7) is 0.425. The fraction of sp³-hybridized carbons (Fsp3) is 0.300. The smallest absolute Gasteiger partial charge is 0.238 e. The molecule has 0 aliphatic carbocycles. The van der Waals surface area contributed by atoms with Gasteiger partial charge in [0.15, 0.2) is 11.5 Å². The first-order valence-corrected chi connectivity index (χ1v) is 9.41. The molecule has 2 aromatic rings. The van der Waals surface area contributed by atoms with E-state index in [1.165, 1.54) is 11.8 Å². The molecule has 0 spiro atoms. The van der Waals surface area contributed by atoms with E-state index in [2.05, 4.69) is 5.32 Å². The minimum atomic E-state index is -0.430. The van der Waals surface area contributed by atoms with Crippen molar-refractivity contribution < 1.29 is 19.1 Å². The van der Waals surface area contributed by atoms with Crippen molar-refractivity contribution in [3.8, 4) is 11.5 Å². The molecule has 3 rings (SSSR count). The summed E-state index contributed by atoms with van der Waals surface area (Å²) in [5, 5.41) is 2.44. The van der Waals surface area contributed by atoms with Crippen LogP contribution in [-0.2, 0) is 16.1 Å². The van der Waals surface area contributed by atoms with Gasteiger partial charge in [-0.1, -0.05) is 18.2 Å². The lowest BCUT2D eigenvalue weighted by Gasteiger charge is -2.25. The number of carbonyl (C=O) groups is 2. The van der Waals surface area contributed by atoms with Gasteiger partial charge in [-0.15, -0.1) is 11.8 Å². The molecule has 0 radical (unpaired) electrons. The fourth-order valence-electron chi connectivity index (χ4n) is 2.88. The van der Waals surface area contributed by atoms with Gasteiger partial charge in [0.1, 0.15) is 0 Å². The van der Waals surface area contributed by atoms with Crippen LogP contribution in [0.25, 0.3) is 0 Å². The Morgan fingerprint density at radius 2 is 1.89 bits per heavy atom. The molecule has 2 amide bonds. The number of rotatable bonds is 6. The molecule has 1 aliphatic rings. The van der Waals surface area contributed by atoms with Crippen molar-refractivity contribution in [2.45, 2.75) is 23.1 Å². The zero-order chi connectivity index (χ0) is 19.4. The van der Waals surface area contributed by atoms with Crippen LogP contribution >= 0.6 is 11.8 Å². The molecule has 1 N–H and O–H groups in total. The van der Waals surface area contributed by atoms with Gasteiger partial charge in [0.05, 0.1) is 25.2 Å². The van der Waals surface area contributed by atoms with Crippen molar-refractivity contribution in [3.05, 3.63) is 48.0 Å². The summed E-state index contributed by atoms with van der Waals surface area (Å²) in [4.78, 5) is 27.5. The summed E-state index contributed by atoms with van der Waals surface area (Å²) in [5.74, 6) is 1.04. The third kappa shape index (κ3) is 4.36. The number of hydrogen-bond donors (Lipinski definition) is 1. The lowest BCUT2D eigenvalue weighted by Crippen LogP contribution is -2.35. The average molecular weight is 386 g/mol. The summed E-state index contributed by atoms with van der Waals surface area (Å²) < 4.78 is 10.5. The minimum absolute atomic E-state index is 0.0863. The Kier molecular flexibility index (Phi) is 5.91. The van der Waals surface area contributed by atoms with E-state index in [9.17, 15) is 9.59 Å². The van der Waals surface area contributed by atoms with Crippen LogP contribution < -0.4 is 14.8 Å². The molecule has 0 aromatic heterocycles. The SMILES string of the molecule is COc1ccc(CN(C)C(=O)C[C@H]2Sc3ccccc3NC2=O)cc1OC. The number of methoxy groups -OCH3 is 2. The van der Waals surface area contributed by atoms with Gasteiger partial charge >= 0.3 is 0 Å². The molecule has 0 bridgehead atoms. The molecular weight excluding hydrogens is 364 g/mol. The third-order valence-corrected chi connectivity index (χ3v) is 5.64. The standard InChI is InChI=1S/C20H22N2O4S/c1-22(12-13-8-9-15(25-2)16(10-13)26-3)19(23)11-18-20(24)21-14-6-4-5-7-17(14)27-18/h4-10,18H,11-12H2,1-3H3,(H,21,24)/t18-/m1/s1. The van der Waals surface area contributed by atoms with Crippen LogP contribution in [0.15, 0.2) is 47.4 Å². The number of nitrogens with one attached hydrogen (secondary N) is 1. The molecule has 0 saturated carbocycles. The Bertz CT molecular complexity index is 856. The molecule has 0 unspecified atom stereocenters. The van der Waals surface area contributed by atoms with Gasteiger partial charge in [0.25, 0.3) is 0 Å². The Hall–Kier alpha value is -2.67. The van der Waals surface area contributed by atoms with Crippen molar-refractivity contribution >= 4 is 29.3 Å². The topological polar surface area (TPSA) is 67.9 Å². The molecule has 7 heteroatoms. The number of para-hydroxylation sites is 1. The first-order chi connectivity index (χ1) is 13.0. The van der Waals surface area contributed by atoms with Crippen molar-refractivity contribution in [2.24, 2.45) is 0 Å². The van der Waals surface area contributed by atoms with Crippen LogP contribution in [0.1, 0.15) is 12.0 Å². The highest BCUT2D eigenvalue weighted by atomic mass is 32.2. The number of thioether (sulfide) groups is 1. The number of hydrogen-bond acceptors (Lipinski definition) is 5. The fourth-order valence-corrected chi connectivity index (χ4v) is 3.98. The van der Waals surface area contributed by atoms with Crippen molar-refractivity contribution in [3.63, 3.8) is 0 Å². The summed E-state index contributed by atoms with van der Waals surface area (Å²) in [6, 6.07) is 13.2. The van der Waals surface area contributed by atoms with Crippen LogP contribution in [0.2, 0.25) is 0 Å². The Morgan fingerprint density at radius 1 is 1.15 bits per heavy atom. The van der Waals surface area contributed by atoms with Crippen LogP contribution in [0.5, 0.6) is 11.5 Å². The predicted molar refractivity (Wildman–Crippen MR) is 105 cm³/mol. The van der Waals surface area contributed by atoms with E-state index in [4.69, 9.17) is 9.47 Å². The van der Waals surface area contributed by atoms with E-state index in [0.29, 0.717) is 18.0 Å². The molecule has 0 fully saturated rings. The number of benzene rings is 2. The summed E-state index contributed by atoms with van der Waals surface area (Å²) >= 11 is 1.43. The zero-order valence-corrected chi connectivity index (χ0v) is 16.3. The Balaban J connectivity index is 1.64. The quantitative estimate of drug-likeness (QED) is 0.826. The van der Waals surface area contributed by atoms with Crippen molar-refractivity contribution in [1.29, 1.82) is 0 Å². The van der Waals surface area contributed by atoms with E-state index >= 15 is 0 Å².